The van der Waals surface area contributed by atoms with Crippen LogP contribution in [0.2, 0.25) is 0 Å². The van der Waals surface area contributed by atoms with Crippen LogP contribution in [-0.4, -0.2) is 34.8 Å². The summed E-state index contributed by atoms with van der Waals surface area (Å²) in [5.41, 5.74) is 0.353. The molecule has 3 aliphatic heterocycles. The third kappa shape index (κ3) is 0.759. The number of hydroxylamine groups is 3. The van der Waals surface area contributed by atoms with Crippen molar-refractivity contribution < 1.29 is 14.2 Å². The number of quaternary nitrogens is 1. The van der Waals surface area contributed by atoms with Crippen molar-refractivity contribution >= 4 is 5.97 Å². The van der Waals surface area contributed by atoms with Gasteiger partial charge in [-0.1, -0.05) is 6.08 Å². The lowest BCUT2D eigenvalue weighted by molar-refractivity contribution is -0.899. The summed E-state index contributed by atoms with van der Waals surface area (Å²) in [4.78, 5) is 11.4. The average molecular weight is 219 g/mol. The molecule has 0 saturated carbocycles. The number of carbonyl (C=O) groups is 1. The maximum atomic E-state index is 12.8. The van der Waals surface area contributed by atoms with Crippen LogP contribution >= 0.6 is 0 Å². The molecular weight excluding hydrogens is 206 g/mol. The number of nitrogens with zero attached hydrogens (tertiary/aromatic N) is 1. The molecule has 2 fully saturated rings. The fourth-order valence-corrected chi connectivity index (χ4v) is 4.05. The molecule has 0 amide bonds. The number of carbonyl (C=O) groups excluding carboxylic acids is 1. The predicted molar refractivity (Wildman–Crippen MR) is 56.0 cm³/mol. The lowest BCUT2D eigenvalue weighted by Crippen LogP contribution is -2.51. The van der Waals surface area contributed by atoms with E-state index in [0.717, 1.165) is 18.4 Å². The second-order valence-corrected chi connectivity index (χ2v) is 5.28. The molecule has 4 nitrogen and oxygen atoms in total. The Balaban J connectivity index is 1.93. The molecular formula is C12H13NO3. The molecule has 0 N–H and O–H groups in total. The molecule has 4 rings (SSSR count). The van der Waals surface area contributed by atoms with E-state index in [4.69, 9.17) is 4.74 Å². The molecule has 0 aromatic rings. The van der Waals surface area contributed by atoms with Gasteiger partial charge in [-0.05, 0) is 6.08 Å². The van der Waals surface area contributed by atoms with E-state index in [-0.39, 0.29) is 22.7 Å². The number of rotatable bonds is 0. The molecule has 84 valence electrons. The SMILES string of the molecule is O=C1C=C2C=C[C@H]3C[C@]2(O1)[C@H]1CCC[N+]13[O-]. The first-order valence-electron chi connectivity index (χ1n) is 5.87. The largest absolute Gasteiger partial charge is 0.632 e. The zero-order valence-corrected chi connectivity index (χ0v) is 8.89. The monoisotopic (exact) mass is 219 g/mol. The van der Waals surface area contributed by atoms with E-state index >= 15 is 0 Å². The minimum absolute atomic E-state index is 0.00412. The van der Waals surface area contributed by atoms with Crippen molar-refractivity contribution in [1.82, 2.24) is 0 Å². The summed E-state index contributed by atoms with van der Waals surface area (Å²) in [6, 6.07) is -0.0688. The van der Waals surface area contributed by atoms with E-state index in [1.54, 1.807) is 6.08 Å². The van der Waals surface area contributed by atoms with Crippen LogP contribution in [0.15, 0.2) is 23.8 Å². The predicted octanol–water partition coefficient (Wildman–Crippen LogP) is 1.03. The molecule has 4 aliphatic rings. The van der Waals surface area contributed by atoms with Gasteiger partial charge in [0.15, 0.2) is 5.60 Å². The standard InChI is InChI=1S/C12H13NO3/c14-11-6-8-3-4-9-7-12(8,16-11)10-2-1-5-13(9,10)15/h3-4,6,9-10H,1-2,5,7H2/t9-,10+,12+,13?/m0/s1. The Labute approximate surface area is 93.3 Å². The highest BCUT2D eigenvalue weighted by atomic mass is 16.6. The number of fused-ring (bicyclic) bond motifs is 3. The van der Waals surface area contributed by atoms with Crippen LogP contribution in [0.3, 0.4) is 0 Å². The molecule has 4 heteroatoms. The Hall–Kier alpha value is -1.13. The first-order chi connectivity index (χ1) is 7.65. The summed E-state index contributed by atoms with van der Waals surface area (Å²) in [6.45, 7) is 0.673. The van der Waals surface area contributed by atoms with Crippen LogP contribution in [0.1, 0.15) is 19.3 Å². The van der Waals surface area contributed by atoms with Crippen molar-refractivity contribution in [2.24, 2.45) is 0 Å². The molecule has 2 saturated heterocycles. The number of ether oxygens (including phenoxy) is 1. The maximum absolute atomic E-state index is 12.8. The first-order valence-corrected chi connectivity index (χ1v) is 5.87. The van der Waals surface area contributed by atoms with E-state index in [1.807, 2.05) is 12.2 Å². The maximum Gasteiger partial charge on any atom is 0.332 e. The Morgan fingerprint density at radius 3 is 3.31 bits per heavy atom. The van der Waals surface area contributed by atoms with Gasteiger partial charge >= 0.3 is 5.97 Å². The molecule has 1 spiro atoms. The molecule has 16 heavy (non-hydrogen) atoms. The summed E-state index contributed by atoms with van der Waals surface area (Å²) < 4.78 is 5.36. The second kappa shape index (κ2) is 2.41. The normalized spacial score (nSPS) is 52.3. The van der Waals surface area contributed by atoms with Crippen LogP contribution in [0.25, 0.3) is 0 Å². The number of esters is 1. The fourth-order valence-electron chi connectivity index (χ4n) is 4.05. The van der Waals surface area contributed by atoms with Gasteiger partial charge in [0.1, 0.15) is 12.1 Å². The Kier molecular flexibility index (Phi) is 1.35. The number of hydrogen-bond acceptors (Lipinski definition) is 3. The van der Waals surface area contributed by atoms with Crippen molar-refractivity contribution in [3.05, 3.63) is 29.0 Å². The van der Waals surface area contributed by atoms with Crippen molar-refractivity contribution in [2.75, 3.05) is 6.54 Å². The van der Waals surface area contributed by atoms with E-state index < -0.39 is 5.60 Å². The number of hydrogen-bond donors (Lipinski definition) is 0. The minimum Gasteiger partial charge on any atom is -0.632 e. The first kappa shape index (κ1) is 8.96. The van der Waals surface area contributed by atoms with Crippen LogP contribution in [-0.2, 0) is 9.53 Å². The smallest absolute Gasteiger partial charge is 0.332 e. The molecule has 4 atom stereocenters. The summed E-state index contributed by atoms with van der Waals surface area (Å²) in [6.07, 6.45) is 7.98. The molecule has 0 aromatic heterocycles. The minimum atomic E-state index is -0.575. The van der Waals surface area contributed by atoms with E-state index in [2.05, 4.69) is 0 Å². The van der Waals surface area contributed by atoms with E-state index in [9.17, 15) is 10.0 Å². The quantitative estimate of drug-likeness (QED) is 0.347. The Morgan fingerprint density at radius 1 is 1.56 bits per heavy atom. The van der Waals surface area contributed by atoms with Crippen molar-refractivity contribution in [1.29, 1.82) is 0 Å². The van der Waals surface area contributed by atoms with Gasteiger partial charge in [-0.2, -0.15) is 0 Å². The van der Waals surface area contributed by atoms with Gasteiger partial charge < -0.3 is 14.6 Å². The van der Waals surface area contributed by atoms with Crippen LogP contribution < -0.4 is 0 Å². The molecule has 1 unspecified atom stereocenters. The third-order valence-electron chi connectivity index (χ3n) is 4.67. The molecule has 3 heterocycles. The van der Waals surface area contributed by atoms with Crippen molar-refractivity contribution in [3.63, 3.8) is 0 Å². The van der Waals surface area contributed by atoms with E-state index in [1.165, 1.54) is 0 Å². The lowest BCUT2D eigenvalue weighted by atomic mass is 9.81. The van der Waals surface area contributed by atoms with Crippen molar-refractivity contribution in [2.45, 2.75) is 36.9 Å². The van der Waals surface area contributed by atoms with Gasteiger partial charge in [0.25, 0.3) is 0 Å². The van der Waals surface area contributed by atoms with Crippen LogP contribution in [0, 0.1) is 5.21 Å². The summed E-state index contributed by atoms with van der Waals surface area (Å²) >= 11 is 0. The Bertz CT molecular complexity index is 455. The van der Waals surface area contributed by atoms with Crippen molar-refractivity contribution in [3.8, 4) is 0 Å². The van der Waals surface area contributed by atoms with Gasteiger partial charge in [0.05, 0.1) is 13.0 Å². The molecule has 0 radical (unpaired) electrons. The summed E-state index contributed by atoms with van der Waals surface area (Å²) in [7, 11) is 0. The summed E-state index contributed by atoms with van der Waals surface area (Å²) in [5.74, 6) is -0.277. The fraction of sp³-hybridized carbons (Fsp3) is 0.583. The average Bonchev–Trinajstić information content (AvgIpc) is 2.81. The van der Waals surface area contributed by atoms with Gasteiger partial charge in [-0.25, -0.2) is 4.79 Å². The summed E-state index contributed by atoms with van der Waals surface area (Å²) in [5, 5.41) is 12.8. The van der Waals surface area contributed by atoms with Crippen LogP contribution in [0.4, 0.5) is 0 Å². The lowest BCUT2D eigenvalue weighted by Gasteiger charge is -2.44. The third-order valence-corrected chi connectivity index (χ3v) is 4.67. The van der Waals surface area contributed by atoms with E-state index in [0.29, 0.717) is 13.0 Å². The molecule has 0 aromatic carbocycles. The highest BCUT2D eigenvalue weighted by molar-refractivity contribution is 5.88. The van der Waals surface area contributed by atoms with Gasteiger partial charge in [0.2, 0.25) is 0 Å². The zero-order valence-electron chi connectivity index (χ0n) is 8.89. The van der Waals surface area contributed by atoms with Gasteiger partial charge in [-0.3, -0.25) is 0 Å². The highest BCUT2D eigenvalue weighted by Gasteiger charge is 2.67. The Morgan fingerprint density at radius 2 is 2.44 bits per heavy atom. The molecule has 1 aliphatic carbocycles. The van der Waals surface area contributed by atoms with Gasteiger partial charge in [0, 0.05) is 24.5 Å². The molecule has 2 bridgehead atoms. The highest BCUT2D eigenvalue weighted by Crippen LogP contribution is 2.55. The van der Waals surface area contributed by atoms with Crippen LogP contribution in [0.5, 0.6) is 0 Å². The topological polar surface area (TPSA) is 49.4 Å². The second-order valence-electron chi connectivity index (χ2n) is 5.28. The van der Waals surface area contributed by atoms with Gasteiger partial charge in [-0.15, -0.1) is 0 Å². The zero-order chi connectivity index (χ0) is 11.0.